The van der Waals surface area contributed by atoms with E-state index >= 15 is 0 Å². The lowest BCUT2D eigenvalue weighted by Crippen LogP contribution is -2.13. The number of hydrogen-bond acceptors (Lipinski definition) is 2. The van der Waals surface area contributed by atoms with Crippen molar-refractivity contribution in [1.29, 1.82) is 0 Å². The van der Waals surface area contributed by atoms with Crippen LogP contribution < -0.4 is 5.32 Å². The fourth-order valence-corrected chi connectivity index (χ4v) is 3.10. The summed E-state index contributed by atoms with van der Waals surface area (Å²) in [7, 11) is 0. The van der Waals surface area contributed by atoms with Gasteiger partial charge in [0.25, 0.3) is 0 Å². The Morgan fingerprint density at radius 1 is 1.29 bits per heavy atom. The predicted molar refractivity (Wildman–Crippen MR) is 74.0 cm³/mol. The zero-order valence-corrected chi connectivity index (χ0v) is 12.0. The number of nitrogens with one attached hydrogen (secondary N) is 1. The van der Waals surface area contributed by atoms with Gasteiger partial charge >= 0.3 is 0 Å². The van der Waals surface area contributed by atoms with Crippen LogP contribution in [-0.2, 0) is 13.1 Å². The van der Waals surface area contributed by atoms with Gasteiger partial charge in [0.15, 0.2) is 0 Å². The molecule has 1 aromatic carbocycles. The van der Waals surface area contributed by atoms with Crippen LogP contribution in [0.15, 0.2) is 34.1 Å². The molecule has 1 heterocycles. The molecular formula is C12H10BrClFNS. The second kappa shape index (κ2) is 5.96. The van der Waals surface area contributed by atoms with Crippen molar-refractivity contribution in [1.82, 2.24) is 5.32 Å². The average Bonchev–Trinajstić information content (AvgIpc) is 2.71. The Kier molecular flexibility index (Phi) is 4.56. The van der Waals surface area contributed by atoms with Gasteiger partial charge < -0.3 is 5.32 Å². The van der Waals surface area contributed by atoms with Crippen molar-refractivity contribution in [3.8, 4) is 0 Å². The Labute approximate surface area is 117 Å². The summed E-state index contributed by atoms with van der Waals surface area (Å²) in [5, 5.41) is 5.38. The van der Waals surface area contributed by atoms with Crippen molar-refractivity contribution in [3.63, 3.8) is 0 Å². The second-order valence-electron chi connectivity index (χ2n) is 3.51. The van der Waals surface area contributed by atoms with Gasteiger partial charge in [-0.25, -0.2) is 4.39 Å². The van der Waals surface area contributed by atoms with E-state index in [9.17, 15) is 4.39 Å². The molecule has 0 aliphatic heterocycles. The summed E-state index contributed by atoms with van der Waals surface area (Å²) >= 11 is 10.8. The molecule has 1 aromatic heterocycles. The van der Waals surface area contributed by atoms with Crippen LogP contribution in [0.1, 0.15) is 10.4 Å². The van der Waals surface area contributed by atoms with E-state index in [0.717, 1.165) is 4.47 Å². The first kappa shape index (κ1) is 13.0. The molecule has 0 bridgehead atoms. The van der Waals surface area contributed by atoms with Gasteiger partial charge in [-0.15, -0.1) is 11.3 Å². The molecule has 1 N–H and O–H groups in total. The first-order chi connectivity index (χ1) is 8.18. The van der Waals surface area contributed by atoms with E-state index in [1.165, 1.54) is 4.88 Å². The lowest BCUT2D eigenvalue weighted by molar-refractivity contribution is 0.589. The number of halogens is 3. The van der Waals surface area contributed by atoms with Gasteiger partial charge in [0.2, 0.25) is 0 Å². The molecule has 0 amide bonds. The van der Waals surface area contributed by atoms with Crippen molar-refractivity contribution >= 4 is 38.9 Å². The Morgan fingerprint density at radius 3 is 2.82 bits per heavy atom. The van der Waals surface area contributed by atoms with E-state index in [4.69, 9.17) is 11.6 Å². The Morgan fingerprint density at radius 2 is 2.12 bits per heavy atom. The number of thiophene rings is 1. The first-order valence-electron chi connectivity index (χ1n) is 5.04. The van der Waals surface area contributed by atoms with E-state index in [0.29, 0.717) is 18.7 Å². The maximum atomic E-state index is 13.6. The Balaban J connectivity index is 1.95. The van der Waals surface area contributed by atoms with Crippen LogP contribution in [0.2, 0.25) is 5.02 Å². The normalized spacial score (nSPS) is 10.8. The van der Waals surface area contributed by atoms with E-state index in [2.05, 4.69) is 21.2 Å². The van der Waals surface area contributed by atoms with Crippen molar-refractivity contribution in [2.75, 3.05) is 0 Å². The van der Waals surface area contributed by atoms with Gasteiger partial charge in [-0.3, -0.25) is 0 Å². The van der Waals surface area contributed by atoms with E-state index in [1.807, 2.05) is 11.4 Å². The van der Waals surface area contributed by atoms with E-state index in [-0.39, 0.29) is 10.8 Å². The summed E-state index contributed by atoms with van der Waals surface area (Å²) in [5.74, 6) is -0.341. The van der Waals surface area contributed by atoms with Crippen LogP contribution >= 0.6 is 38.9 Å². The lowest BCUT2D eigenvalue weighted by Gasteiger charge is -2.06. The van der Waals surface area contributed by atoms with Gasteiger partial charge in [-0.05, 0) is 33.4 Å². The number of hydrogen-bond donors (Lipinski definition) is 1. The average molecular weight is 335 g/mol. The molecule has 0 atom stereocenters. The molecule has 0 unspecified atom stereocenters. The highest BCUT2D eigenvalue weighted by atomic mass is 79.9. The molecule has 0 saturated carbocycles. The van der Waals surface area contributed by atoms with Gasteiger partial charge in [-0.2, -0.15) is 0 Å². The molecule has 90 valence electrons. The monoisotopic (exact) mass is 333 g/mol. The summed E-state index contributed by atoms with van der Waals surface area (Å²) in [4.78, 5) is 1.20. The number of rotatable bonds is 4. The van der Waals surface area contributed by atoms with Crippen LogP contribution in [0.3, 0.4) is 0 Å². The van der Waals surface area contributed by atoms with Crippen LogP contribution in [0.4, 0.5) is 4.39 Å². The molecule has 0 fully saturated rings. The smallest absolute Gasteiger partial charge is 0.146 e. The van der Waals surface area contributed by atoms with Crippen molar-refractivity contribution in [2.24, 2.45) is 0 Å². The van der Waals surface area contributed by atoms with Gasteiger partial charge in [0, 0.05) is 28.0 Å². The second-order valence-corrected chi connectivity index (χ2v) is 5.77. The Bertz CT molecular complexity index is 515. The van der Waals surface area contributed by atoms with Gasteiger partial charge in [0.05, 0.1) is 5.02 Å². The molecular weight excluding hydrogens is 325 g/mol. The third-order valence-electron chi connectivity index (χ3n) is 2.32. The fraction of sp³-hybridized carbons (Fsp3) is 0.167. The quantitative estimate of drug-likeness (QED) is 0.862. The fourth-order valence-electron chi connectivity index (χ4n) is 1.45. The minimum atomic E-state index is -0.341. The van der Waals surface area contributed by atoms with Crippen LogP contribution in [0, 0.1) is 5.82 Å². The largest absolute Gasteiger partial charge is 0.308 e. The van der Waals surface area contributed by atoms with E-state index in [1.54, 1.807) is 29.5 Å². The molecule has 1 nitrogen and oxygen atoms in total. The highest BCUT2D eigenvalue weighted by Gasteiger charge is 2.06. The summed E-state index contributed by atoms with van der Waals surface area (Å²) < 4.78 is 14.7. The molecule has 0 aliphatic carbocycles. The summed E-state index contributed by atoms with van der Waals surface area (Å²) in [5.41, 5.74) is 0.588. The maximum absolute atomic E-state index is 13.6. The van der Waals surface area contributed by atoms with Gasteiger partial charge in [0.1, 0.15) is 5.82 Å². The van der Waals surface area contributed by atoms with Crippen molar-refractivity contribution in [2.45, 2.75) is 13.1 Å². The predicted octanol–water partition coefficient (Wildman–Crippen LogP) is 4.59. The third-order valence-corrected chi connectivity index (χ3v) is 4.54. The Hall–Kier alpha value is -0.420. The number of benzene rings is 1. The SMILES string of the molecule is Fc1c(Cl)cccc1CNCc1sccc1Br. The van der Waals surface area contributed by atoms with Crippen LogP contribution in [0.25, 0.3) is 0 Å². The molecule has 2 aromatic rings. The minimum Gasteiger partial charge on any atom is -0.308 e. The van der Waals surface area contributed by atoms with Crippen LogP contribution in [-0.4, -0.2) is 0 Å². The van der Waals surface area contributed by atoms with Crippen molar-refractivity contribution < 1.29 is 4.39 Å². The molecule has 0 radical (unpaired) electrons. The summed E-state index contributed by atoms with van der Waals surface area (Å²) in [6, 6.07) is 7.04. The molecule has 0 spiro atoms. The highest BCUT2D eigenvalue weighted by molar-refractivity contribution is 9.10. The maximum Gasteiger partial charge on any atom is 0.146 e. The standard InChI is InChI=1S/C12H10BrClFNS/c13-9-4-5-17-11(9)7-16-6-8-2-1-3-10(14)12(8)15/h1-5,16H,6-7H2. The van der Waals surface area contributed by atoms with Gasteiger partial charge in [-0.1, -0.05) is 23.7 Å². The summed E-state index contributed by atoms with van der Waals surface area (Å²) in [6.45, 7) is 1.18. The zero-order valence-electron chi connectivity index (χ0n) is 8.84. The molecule has 17 heavy (non-hydrogen) atoms. The van der Waals surface area contributed by atoms with Crippen LogP contribution in [0.5, 0.6) is 0 Å². The zero-order chi connectivity index (χ0) is 12.3. The minimum absolute atomic E-state index is 0.168. The molecule has 0 aliphatic rings. The van der Waals surface area contributed by atoms with E-state index < -0.39 is 0 Å². The molecule has 0 saturated heterocycles. The summed E-state index contributed by atoms with van der Waals surface area (Å²) in [6.07, 6.45) is 0. The molecule has 5 heteroatoms. The third kappa shape index (κ3) is 3.28. The highest BCUT2D eigenvalue weighted by Crippen LogP contribution is 2.22. The lowest BCUT2D eigenvalue weighted by atomic mass is 10.2. The van der Waals surface area contributed by atoms with Crippen molar-refractivity contribution in [3.05, 3.63) is 55.4 Å². The molecule has 2 rings (SSSR count). The topological polar surface area (TPSA) is 12.0 Å². The first-order valence-corrected chi connectivity index (χ1v) is 7.09.